The van der Waals surface area contributed by atoms with Crippen LogP contribution in [0.2, 0.25) is 32.7 Å². The van der Waals surface area contributed by atoms with Gasteiger partial charge in [0.2, 0.25) is 0 Å². The topological polar surface area (TPSA) is 0 Å². The van der Waals surface area contributed by atoms with Gasteiger partial charge in [-0.3, -0.25) is 0 Å². The summed E-state index contributed by atoms with van der Waals surface area (Å²) in [4.78, 5) is 0. The Hall–Kier alpha value is -2.52. The summed E-state index contributed by atoms with van der Waals surface area (Å²) in [5, 5.41) is 9.62. The summed E-state index contributed by atoms with van der Waals surface area (Å²) in [6, 6.07) is 44.9. The third-order valence-electron chi connectivity index (χ3n) is 8.83. The fourth-order valence-electron chi connectivity index (χ4n) is 6.28. The largest absolute Gasteiger partial charge is 1.00 e. The molecular weight excluding hydrogens is 747 g/mol. The Kier molecular flexibility index (Phi) is 14.7. The number of fused-ring (bicyclic) bond motifs is 3. The van der Waals surface area contributed by atoms with Crippen LogP contribution in [0, 0.1) is 13.8 Å². The van der Waals surface area contributed by atoms with Crippen molar-refractivity contribution in [2.24, 2.45) is 0 Å². The van der Waals surface area contributed by atoms with Crippen molar-refractivity contribution in [3.05, 3.63) is 138 Å². The van der Waals surface area contributed by atoms with Crippen molar-refractivity contribution in [3.8, 4) is 22.3 Å². The summed E-state index contributed by atoms with van der Waals surface area (Å²) in [5.74, 6) is 0.563. The molecule has 0 amide bonds. The van der Waals surface area contributed by atoms with Crippen LogP contribution < -0.4 is 30.0 Å². The molecule has 7 aromatic carbocycles. The molecule has 0 N–H and O–H groups in total. The van der Waals surface area contributed by atoms with E-state index < -0.39 is 8.07 Å². The summed E-state index contributed by atoms with van der Waals surface area (Å²) in [7, 11) is -1.22. The van der Waals surface area contributed by atoms with E-state index in [1.807, 2.05) is 0 Å². The van der Waals surface area contributed by atoms with Gasteiger partial charge in [-0.05, 0) is 27.8 Å². The van der Waals surface area contributed by atoms with Crippen molar-refractivity contribution in [3.63, 3.8) is 0 Å². The van der Waals surface area contributed by atoms with Crippen molar-refractivity contribution in [1.29, 1.82) is 0 Å². The van der Waals surface area contributed by atoms with Gasteiger partial charge in [0.25, 0.3) is 0 Å². The molecule has 0 aliphatic heterocycles. The quantitative estimate of drug-likeness (QED) is 0.138. The van der Waals surface area contributed by atoms with E-state index in [1.165, 1.54) is 76.4 Å². The minimum atomic E-state index is -1.22. The fraction of sp³-hybridized carbons (Fsp3) is 0.227. The molecule has 252 valence electrons. The number of hydrogen-bond acceptors (Lipinski definition) is 0. The maximum absolute atomic E-state index is 2.40. The predicted octanol–water partition coefficient (Wildman–Crippen LogP) is 6.68. The Bertz CT molecular complexity index is 2150. The number of rotatable bonds is 4. The van der Waals surface area contributed by atoms with E-state index in [0.717, 1.165) is 0 Å². The van der Waals surface area contributed by atoms with Gasteiger partial charge in [0.1, 0.15) is 0 Å². The minimum Gasteiger partial charge on any atom is -1.00 e. The van der Waals surface area contributed by atoms with Crippen LogP contribution in [0.4, 0.5) is 0 Å². The van der Waals surface area contributed by atoms with Crippen LogP contribution in [0.1, 0.15) is 36.5 Å². The van der Waals surface area contributed by atoms with Crippen LogP contribution in [0.5, 0.6) is 0 Å². The van der Waals surface area contributed by atoms with Crippen LogP contribution in [0.25, 0.3) is 54.6 Å². The van der Waals surface area contributed by atoms with Gasteiger partial charge in [-0.15, -0.1) is 68.6 Å². The maximum atomic E-state index is 2.40. The van der Waals surface area contributed by atoms with Crippen LogP contribution in [0.15, 0.2) is 121 Å². The van der Waals surface area contributed by atoms with Gasteiger partial charge in [-0.1, -0.05) is 143 Å². The van der Waals surface area contributed by atoms with Crippen molar-refractivity contribution >= 4 is 51.0 Å². The molecule has 0 nitrogen and oxygen atoms in total. The molecule has 0 spiro atoms. The first kappa shape index (κ1) is 40.9. The first-order valence-electron chi connectivity index (χ1n) is 16.8. The third-order valence-corrected chi connectivity index (χ3v) is 10.9. The molecule has 0 saturated heterocycles. The van der Waals surface area contributed by atoms with Crippen molar-refractivity contribution < 1.29 is 48.1 Å². The number of hydrogen-bond donors (Lipinski definition) is 0. The monoisotopic (exact) mass is 792 g/mol. The van der Waals surface area contributed by atoms with E-state index in [9.17, 15) is 0 Å². The van der Waals surface area contributed by atoms with Gasteiger partial charge in [0.15, 0.2) is 0 Å². The average Bonchev–Trinajstić information content (AvgIpc) is 3.65. The molecule has 0 heterocycles. The molecular formula is C44H48Cl2Si2Zr-2. The van der Waals surface area contributed by atoms with Crippen LogP contribution in [-0.2, 0) is 23.3 Å². The second-order valence-electron chi connectivity index (χ2n) is 14.4. The Morgan fingerprint density at radius 3 is 1.86 bits per heavy atom. The first-order valence-corrected chi connectivity index (χ1v) is 26.5. The normalized spacial score (nSPS) is 10.9. The van der Waals surface area contributed by atoms with Crippen molar-refractivity contribution in [2.75, 3.05) is 0 Å². The Balaban J connectivity index is 0.000000231. The summed E-state index contributed by atoms with van der Waals surface area (Å²) in [5.41, 5.74) is 9.67. The van der Waals surface area contributed by atoms with Gasteiger partial charge in [-0.2, -0.15) is 12.1 Å². The van der Waals surface area contributed by atoms with E-state index in [1.54, 1.807) is 23.3 Å². The first-order chi connectivity index (χ1) is 22.3. The van der Waals surface area contributed by atoms with E-state index in [-0.39, 0.29) is 30.2 Å². The molecule has 0 bridgehead atoms. The standard InChI is InChI=1S/C22H19.C20H23Si.C2H6Si.2ClH.Zr/c1-15(2)18-13-17-9-6-12-21(22(17)14-18)20-11-5-8-16-7-3-4-10-19(16)20;1-14-12-19-15(2)6-11-18(20(19)13-14)16-7-9-17(10-8-16)21(3,4)5;1-3-2;;;/h3-15H,1-2H3;6-13H,1-5H3;1-2H3;2*1H;/q2*-1;;;;+2/p-2. The molecule has 0 aromatic heterocycles. The smallest absolute Gasteiger partial charge is 0.0775 e. The Labute approximate surface area is 323 Å². The zero-order valence-corrected chi connectivity index (χ0v) is 36.4. The van der Waals surface area contributed by atoms with Gasteiger partial charge >= 0.3 is 41.9 Å². The molecule has 0 radical (unpaired) electrons. The van der Waals surface area contributed by atoms with Crippen LogP contribution in [-0.4, -0.2) is 13.5 Å². The molecule has 0 aliphatic rings. The van der Waals surface area contributed by atoms with E-state index in [2.05, 4.69) is 182 Å². The molecule has 0 saturated carbocycles. The molecule has 5 heteroatoms. The number of benzene rings is 5. The van der Waals surface area contributed by atoms with Crippen LogP contribution in [0.3, 0.4) is 0 Å². The molecule has 49 heavy (non-hydrogen) atoms. The zero-order chi connectivity index (χ0) is 33.9. The van der Waals surface area contributed by atoms with Crippen molar-refractivity contribution in [2.45, 2.75) is 66.3 Å². The fourth-order valence-corrected chi connectivity index (χ4v) is 7.44. The minimum absolute atomic E-state index is 0. The van der Waals surface area contributed by atoms with E-state index >= 15 is 0 Å². The Morgan fingerprint density at radius 2 is 1.22 bits per heavy atom. The van der Waals surface area contributed by atoms with E-state index in [0.29, 0.717) is 5.92 Å². The van der Waals surface area contributed by atoms with Crippen LogP contribution >= 0.6 is 0 Å². The second kappa shape index (κ2) is 17.6. The van der Waals surface area contributed by atoms with Gasteiger partial charge < -0.3 is 24.8 Å². The SMILES string of the molecule is CC(C)c1cc2c(-c3cccc4ccccc34)cccc2[cH-]1.C[Si](C)=[Zr+2].Cc1cc2c(-c3ccc([Si](C)(C)C)cc3)ccc(C)c2[cH-]1.[Cl-].[Cl-]. The zero-order valence-electron chi connectivity index (χ0n) is 30.4. The molecule has 0 fully saturated rings. The molecule has 0 atom stereocenters. The number of halogens is 2. The van der Waals surface area contributed by atoms with Gasteiger partial charge in [0.05, 0.1) is 8.07 Å². The Morgan fingerprint density at radius 1 is 0.633 bits per heavy atom. The van der Waals surface area contributed by atoms with Gasteiger partial charge in [0, 0.05) is 0 Å². The summed E-state index contributed by atoms with van der Waals surface area (Å²) >= 11 is 1.74. The summed E-state index contributed by atoms with van der Waals surface area (Å²) < 4.78 is 0. The maximum Gasteiger partial charge on any atom is 0.0775 e. The van der Waals surface area contributed by atoms with Gasteiger partial charge in [-0.25, -0.2) is 0 Å². The average molecular weight is 795 g/mol. The number of aryl methyl sites for hydroxylation is 2. The predicted molar refractivity (Wildman–Crippen MR) is 211 cm³/mol. The molecule has 7 rings (SSSR count). The second-order valence-corrected chi connectivity index (χ2v) is 28.8. The third kappa shape index (κ3) is 9.84. The summed E-state index contributed by atoms with van der Waals surface area (Å²) in [6.45, 7) is 20.7. The van der Waals surface area contributed by atoms with E-state index in [4.69, 9.17) is 0 Å². The molecule has 0 unspecified atom stereocenters. The summed E-state index contributed by atoms with van der Waals surface area (Å²) in [6.07, 6.45) is 0. The van der Waals surface area contributed by atoms with Crippen molar-refractivity contribution in [1.82, 2.24) is 0 Å². The molecule has 7 aromatic rings. The molecule has 0 aliphatic carbocycles.